The Hall–Kier alpha value is -6.79. The minimum absolute atomic E-state index is 0. The van der Waals surface area contributed by atoms with Crippen LogP contribution in [-0.4, -0.2) is 21.9 Å². The number of imidazole rings is 1. The van der Waals surface area contributed by atoms with Crippen LogP contribution in [0.1, 0.15) is 106 Å². The number of halogens is 24. The van der Waals surface area contributed by atoms with E-state index in [2.05, 4.69) is 129 Å². The van der Waals surface area contributed by atoms with Crippen LogP contribution in [0.5, 0.6) is 0 Å². The monoisotopic (exact) mass is 1590 g/mol. The van der Waals surface area contributed by atoms with Gasteiger partial charge in [-0.15, -0.1) is 0 Å². The first kappa shape index (κ1) is 77.6. The largest absolute Gasteiger partial charge is 0.416 e. The van der Waals surface area contributed by atoms with Crippen LogP contribution in [0.25, 0.3) is 11.3 Å². The van der Waals surface area contributed by atoms with Gasteiger partial charge in [-0.05, 0) is 138 Å². The van der Waals surface area contributed by atoms with Crippen molar-refractivity contribution in [3.05, 3.63) is 245 Å². The van der Waals surface area contributed by atoms with Crippen LogP contribution in [0.15, 0.2) is 158 Å². The van der Waals surface area contributed by atoms with E-state index in [0.29, 0.717) is 5.92 Å². The summed E-state index contributed by atoms with van der Waals surface area (Å²) < 4.78 is 343. The van der Waals surface area contributed by atoms with Gasteiger partial charge in [0.2, 0.25) is 0 Å². The Morgan fingerprint density at radius 1 is 0.392 bits per heavy atom. The quantitative estimate of drug-likeness (QED) is 0.0800. The first-order valence-electron chi connectivity index (χ1n) is 29.1. The third kappa shape index (κ3) is 19.0. The van der Waals surface area contributed by atoms with Gasteiger partial charge in [-0.25, -0.2) is 4.98 Å². The van der Waals surface area contributed by atoms with Crippen molar-refractivity contribution < 1.29 is 125 Å². The number of fused-ring (bicyclic) bond motifs is 1. The molecule has 0 bridgehead atoms. The maximum Gasteiger partial charge on any atom is 0.416 e. The molecule has 8 aromatic rings. The van der Waals surface area contributed by atoms with Crippen molar-refractivity contribution in [1.82, 2.24) is 9.55 Å². The van der Waals surface area contributed by atoms with Gasteiger partial charge >= 0.3 is 49.4 Å². The molecule has 2 heterocycles. The average Bonchev–Trinajstić information content (AvgIpc) is 1.31. The number of aryl methyl sites for hydroxylation is 3. The van der Waals surface area contributed by atoms with E-state index in [4.69, 9.17) is 4.98 Å². The number of hydrogen-bond acceptors (Lipinski definition) is 1. The van der Waals surface area contributed by atoms with Gasteiger partial charge in [0.05, 0.1) is 50.2 Å². The Morgan fingerprint density at radius 2 is 0.670 bits per heavy atom. The van der Waals surface area contributed by atoms with Gasteiger partial charge in [-0.3, -0.25) is 0 Å². The second kappa shape index (κ2) is 30.0. The molecular formula is C68H53BF24IrN2P-. The normalized spacial score (nSPS) is 15.4. The van der Waals surface area contributed by atoms with Crippen molar-refractivity contribution >= 4 is 46.5 Å². The molecule has 1 saturated carbocycles. The second-order valence-electron chi connectivity index (χ2n) is 22.9. The Balaban J connectivity index is 0.000000273. The number of alkyl halides is 24. The van der Waals surface area contributed by atoms with E-state index in [0.717, 1.165) is 18.4 Å². The van der Waals surface area contributed by atoms with Gasteiger partial charge in [0.25, 0.3) is 0 Å². The fraction of sp³-hybridized carbons (Fsp3) is 0.279. The summed E-state index contributed by atoms with van der Waals surface area (Å²) in [4.78, 5) is 5.16. The summed E-state index contributed by atoms with van der Waals surface area (Å²) in [5.74, 6) is 1.77. The summed E-state index contributed by atoms with van der Waals surface area (Å²) in [5, 5.41) is 3.03. The maximum atomic E-state index is 14.2. The molecule has 0 unspecified atom stereocenters. The van der Waals surface area contributed by atoms with Crippen LogP contribution in [0.4, 0.5) is 105 Å². The summed E-state index contributed by atoms with van der Waals surface area (Å²) >= 11 is 0. The van der Waals surface area contributed by atoms with Gasteiger partial charge in [-0.2, -0.15) is 127 Å². The summed E-state index contributed by atoms with van der Waals surface area (Å²) in [5.41, 5.74) is -25.1. The fourth-order valence-corrected chi connectivity index (χ4v) is 14.7. The molecule has 29 heteroatoms. The third-order valence-electron chi connectivity index (χ3n) is 16.2. The zero-order chi connectivity index (χ0) is 70.8. The SMILES string of the molecule is Cc1ccccc1P(C[C@@H]1CCCn2cc(-c3ccccc3)nc21)c1ccccc1C.FC(F)(F)c1cc([B-](c2cc(C(F)(F)F)cc(C(F)(F)F)c2)(c2cc(C(F)(F)F)cc(C(F)(F)F)c2)c2cc(C(F)(F)F)cc(C(F)(F)F)c2)cc(C(F)(F)F)c1.[CH]1[CH]CC[CH][CH]CC1.[Ir]. The molecule has 1 aliphatic heterocycles. The van der Waals surface area contributed by atoms with Crippen molar-refractivity contribution in [2.24, 2.45) is 0 Å². The van der Waals surface area contributed by atoms with E-state index in [1.807, 2.05) is 0 Å². The van der Waals surface area contributed by atoms with Gasteiger partial charge in [0.15, 0.2) is 0 Å². The number of hydrogen-bond donors (Lipinski definition) is 0. The molecule has 521 valence electrons. The average molecular weight is 1590 g/mol. The zero-order valence-electron chi connectivity index (χ0n) is 50.4. The van der Waals surface area contributed by atoms with Crippen molar-refractivity contribution in [2.75, 3.05) is 6.16 Å². The van der Waals surface area contributed by atoms with Crippen molar-refractivity contribution in [3.8, 4) is 11.3 Å². The third-order valence-corrected chi connectivity index (χ3v) is 19.2. The molecule has 1 fully saturated rings. The summed E-state index contributed by atoms with van der Waals surface area (Å²) in [6.45, 7) is 5.61. The Labute approximate surface area is 555 Å². The molecule has 1 aromatic heterocycles. The molecule has 0 N–H and O–H groups in total. The molecular weight excluding hydrogens is 1530 g/mol. The Kier molecular flexibility index (Phi) is 24.0. The molecule has 1 aliphatic carbocycles. The van der Waals surface area contributed by atoms with Crippen LogP contribution < -0.4 is 32.5 Å². The molecule has 2 nitrogen and oxygen atoms in total. The van der Waals surface area contributed by atoms with Gasteiger partial charge in [0.1, 0.15) is 12.0 Å². The van der Waals surface area contributed by atoms with E-state index < -0.39 is 203 Å². The summed E-state index contributed by atoms with van der Waals surface area (Å²) in [7, 11) is -0.438. The Bertz CT molecular complexity index is 3470. The number of rotatable bonds is 9. The minimum atomic E-state index is -6.13. The molecule has 0 spiro atoms. The number of nitrogens with zero attached hydrogens (tertiary/aromatic N) is 2. The van der Waals surface area contributed by atoms with E-state index in [-0.39, 0.29) is 20.1 Å². The predicted molar refractivity (Wildman–Crippen MR) is 319 cm³/mol. The van der Waals surface area contributed by atoms with Crippen LogP contribution in [0, 0.1) is 39.5 Å². The molecule has 5 radical (unpaired) electrons. The van der Waals surface area contributed by atoms with Gasteiger partial charge in [-0.1, -0.05) is 127 Å². The minimum Gasteiger partial charge on any atom is -0.334 e. The molecule has 0 amide bonds. The van der Waals surface area contributed by atoms with E-state index in [1.54, 1.807) is 0 Å². The summed E-state index contributed by atoms with van der Waals surface area (Å²) in [6.07, 6.45) is -34.9. The number of benzene rings is 7. The molecule has 10 rings (SSSR count). The zero-order valence-corrected chi connectivity index (χ0v) is 53.7. The van der Waals surface area contributed by atoms with Crippen LogP contribution in [-0.2, 0) is 76.1 Å². The maximum absolute atomic E-state index is 14.2. The molecule has 2 aliphatic rings. The second-order valence-corrected chi connectivity index (χ2v) is 25.1. The van der Waals surface area contributed by atoms with E-state index in [1.165, 1.54) is 71.6 Å². The molecule has 7 aromatic carbocycles. The number of aromatic nitrogens is 2. The van der Waals surface area contributed by atoms with Crippen LogP contribution >= 0.6 is 7.92 Å². The van der Waals surface area contributed by atoms with Crippen LogP contribution in [0.3, 0.4) is 0 Å². The van der Waals surface area contributed by atoms with Crippen molar-refractivity contribution in [1.29, 1.82) is 0 Å². The fourth-order valence-electron chi connectivity index (χ4n) is 11.7. The van der Waals surface area contributed by atoms with Crippen molar-refractivity contribution in [2.45, 2.75) is 114 Å². The predicted octanol–water partition coefficient (Wildman–Crippen LogP) is 19.8. The Morgan fingerprint density at radius 3 is 0.948 bits per heavy atom. The molecule has 97 heavy (non-hydrogen) atoms. The van der Waals surface area contributed by atoms with Gasteiger partial charge in [0, 0.05) is 44.3 Å². The molecule has 0 saturated heterocycles. The van der Waals surface area contributed by atoms with E-state index in [9.17, 15) is 105 Å². The first-order valence-corrected chi connectivity index (χ1v) is 30.7. The topological polar surface area (TPSA) is 17.8 Å². The van der Waals surface area contributed by atoms with Crippen molar-refractivity contribution in [3.63, 3.8) is 0 Å². The summed E-state index contributed by atoms with van der Waals surface area (Å²) in [6, 6.07) is 19.7. The standard InChI is InChI=1S/C32H12BF24.C28H29N2P.C8H12.Ir/c34-25(35,36)13-1-14(26(37,38)39)6-21(5-13)33(22-7-15(27(40,41)42)2-16(8-22)28(43,44)45,23-9-17(29(46,47)48)3-18(10-23)30(49,50)51)24-11-19(31(52,53)54)4-20(12-24)32(55,56)57;1-21-11-6-8-16-26(21)31(27-17-9-7-12-22(27)2)20-24-15-10-18-30-19-25(29-28(24)30)23-13-4-3-5-14-23;1-2-4-6-8-7-5-3-1;/h1-12H;3-9,11-14,16-17,19,24H,10,15,18,20H2,1-2H3;1-2,7-8H,3-6H2;/q-1;;;/t;24-;;/m.0../s1. The van der Waals surface area contributed by atoms with Gasteiger partial charge < -0.3 is 4.57 Å². The van der Waals surface area contributed by atoms with Crippen LogP contribution in [0.2, 0.25) is 0 Å². The smallest absolute Gasteiger partial charge is 0.334 e. The molecule has 1 atom stereocenters. The van der Waals surface area contributed by atoms with E-state index >= 15 is 0 Å². The first-order chi connectivity index (χ1) is 44.5.